The first kappa shape index (κ1) is 12.7. The molecule has 0 aromatic heterocycles. The molecule has 2 N–H and O–H groups in total. The highest BCUT2D eigenvalue weighted by Crippen LogP contribution is 2.49. The summed E-state index contributed by atoms with van der Waals surface area (Å²) in [5.41, 5.74) is 6.24. The molecule has 2 nitrogen and oxygen atoms in total. The smallest absolute Gasteiger partial charge is 0.135 e. The molecule has 0 heterocycles. The summed E-state index contributed by atoms with van der Waals surface area (Å²) in [6.45, 7) is 0. The van der Waals surface area contributed by atoms with E-state index in [0.717, 1.165) is 31.1 Å². The lowest BCUT2D eigenvalue weighted by atomic mass is 9.77. The van der Waals surface area contributed by atoms with Gasteiger partial charge in [-0.15, -0.1) is 0 Å². The molecular formula is C16H27NO. The molecule has 0 spiro atoms. The van der Waals surface area contributed by atoms with Gasteiger partial charge in [-0.1, -0.05) is 25.7 Å². The van der Waals surface area contributed by atoms with Crippen molar-refractivity contribution in [2.45, 2.75) is 76.2 Å². The number of nitrogens with two attached hydrogens (primary N) is 1. The third-order valence-electron chi connectivity index (χ3n) is 5.77. The van der Waals surface area contributed by atoms with Crippen molar-refractivity contribution in [1.82, 2.24) is 0 Å². The molecule has 0 saturated heterocycles. The van der Waals surface area contributed by atoms with Gasteiger partial charge in [0.1, 0.15) is 5.78 Å². The second-order valence-electron chi connectivity index (χ2n) is 7.28. The van der Waals surface area contributed by atoms with Crippen molar-refractivity contribution in [2.75, 3.05) is 0 Å². The van der Waals surface area contributed by atoms with Gasteiger partial charge in [0.05, 0.1) is 0 Å². The number of Topliss-reactive ketones (excluding diaryl/α,β-unsaturated/α-hetero) is 1. The van der Waals surface area contributed by atoms with E-state index in [4.69, 9.17) is 5.73 Å². The molecule has 0 aromatic carbocycles. The van der Waals surface area contributed by atoms with Gasteiger partial charge in [0.15, 0.2) is 0 Å². The third kappa shape index (κ3) is 2.64. The van der Waals surface area contributed by atoms with E-state index in [1.165, 1.54) is 44.9 Å². The lowest BCUT2D eigenvalue weighted by Crippen LogP contribution is -2.43. The number of hydrogen-bond acceptors (Lipinski definition) is 2. The fraction of sp³-hybridized carbons (Fsp3) is 0.938. The predicted octanol–water partition coefficient (Wildman–Crippen LogP) is 3.43. The van der Waals surface area contributed by atoms with Crippen LogP contribution >= 0.6 is 0 Å². The molecular weight excluding hydrogens is 222 g/mol. The van der Waals surface area contributed by atoms with Crippen LogP contribution in [0.3, 0.4) is 0 Å². The van der Waals surface area contributed by atoms with Crippen LogP contribution in [0.4, 0.5) is 0 Å². The van der Waals surface area contributed by atoms with Crippen LogP contribution in [-0.4, -0.2) is 11.3 Å². The topological polar surface area (TPSA) is 43.1 Å². The summed E-state index contributed by atoms with van der Waals surface area (Å²) in [6, 6.07) is 0. The van der Waals surface area contributed by atoms with Crippen molar-refractivity contribution < 1.29 is 4.79 Å². The lowest BCUT2D eigenvalue weighted by molar-refractivity contribution is -0.121. The Morgan fingerprint density at radius 1 is 1.11 bits per heavy atom. The Hall–Kier alpha value is -0.370. The Balaban J connectivity index is 1.49. The zero-order chi connectivity index (χ0) is 12.6. The van der Waals surface area contributed by atoms with Crippen molar-refractivity contribution in [3.05, 3.63) is 0 Å². The SMILES string of the molecule is NC1(CC(=O)CC2CC3CCC2C3)CCCCC1. The summed E-state index contributed by atoms with van der Waals surface area (Å²) >= 11 is 0. The number of carbonyl (C=O) groups excluding carboxylic acids is 1. The zero-order valence-corrected chi connectivity index (χ0v) is 11.5. The molecule has 2 heteroatoms. The predicted molar refractivity (Wildman–Crippen MR) is 73.2 cm³/mol. The summed E-state index contributed by atoms with van der Waals surface area (Å²) in [5.74, 6) is 2.99. The van der Waals surface area contributed by atoms with Crippen LogP contribution in [0.5, 0.6) is 0 Å². The third-order valence-corrected chi connectivity index (χ3v) is 5.77. The van der Waals surface area contributed by atoms with Gasteiger partial charge in [-0.25, -0.2) is 0 Å². The molecule has 18 heavy (non-hydrogen) atoms. The van der Waals surface area contributed by atoms with Crippen LogP contribution in [-0.2, 0) is 4.79 Å². The second-order valence-corrected chi connectivity index (χ2v) is 7.28. The van der Waals surface area contributed by atoms with Crippen molar-refractivity contribution in [3.8, 4) is 0 Å². The molecule has 2 bridgehead atoms. The van der Waals surface area contributed by atoms with Gasteiger partial charge in [0, 0.05) is 18.4 Å². The molecule has 3 unspecified atom stereocenters. The van der Waals surface area contributed by atoms with Crippen LogP contribution in [0.25, 0.3) is 0 Å². The summed E-state index contributed by atoms with van der Waals surface area (Å²) in [7, 11) is 0. The van der Waals surface area contributed by atoms with E-state index < -0.39 is 0 Å². The van der Waals surface area contributed by atoms with Gasteiger partial charge in [-0.3, -0.25) is 4.79 Å². The number of ketones is 1. The average Bonchev–Trinajstić information content (AvgIpc) is 2.90. The zero-order valence-electron chi connectivity index (χ0n) is 11.5. The van der Waals surface area contributed by atoms with Crippen molar-refractivity contribution in [3.63, 3.8) is 0 Å². The highest BCUT2D eigenvalue weighted by molar-refractivity contribution is 5.80. The van der Waals surface area contributed by atoms with Crippen LogP contribution in [0.1, 0.15) is 70.6 Å². The Labute approximate surface area is 111 Å². The summed E-state index contributed by atoms with van der Waals surface area (Å²) in [6.07, 6.45) is 12.9. The quantitative estimate of drug-likeness (QED) is 0.829. The highest BCUT2D eigenvalue weighted by Gasteiger charge is 2.40. The van der Waals surface area contributed by atoms with E-state index in [9.17, 15) is 4.79 Å². The van der Waals surface area contributed by atoms with Gasteiger partial charge >= 0.3 is 0 Å². The highest BCUT2D eigenvalue weighted by atomic mass is 16.1. The van der Waals surface area contributed by atoms with E-state index >= 15 is 0 Å². The van der Waals surface area contributed by atoms with Crippen molar-refractivity contribution in [2.24, 2.45) is 23.5 Å². The van der Waals surface area contributed by atoms with Crippen LogP contribution in [0.2, 0.25) is 0 Å². The van der Waals surface area contributed by atoms with Gasteiger partial charge < -0.3 is 5.73 Å². The number of hydrogen-bond donors (Lipinski definition) is 1. The number of rotatable bonds is 4. The normalized spacial score (nSPS) is 37.9. The van der Waals surface area contributed by atoms with Gasteiger partial charge in [0.25, 0.3) is 0 Å². The molecule has 0 amide bonds. The molecule has 3 aliphatic rings. The standard InChI is InChI=1S/C16H27NO/c17-16(6-2-1-3-7-16)11-15(18)10-14-9-12-4-5-13(14)8-12/h12-14H,1-11,17H2. The van der Waals surface area contributed by atoms with E-state index in [-0.39, 0.29) is 5.54 Å². The van der Waals surface area contributed by atoms with E-state index in [2.05, 4.69) is 0 Å². The maximum Gasteiger partial charge on any atom is 0.135 e. The Bertz CT molecular complexity index is 319. The first-order valence-electron chi connectivity index (χ1n) is 7.95. The maximum absolute atomic E-state index is 12.3. The van der Waals surface area contributed by atoms with Crippen molar-refractivity contribution >= 4 is 5.78 Å². The minimum Gasteiger partial charge on any atom is -0.325 e. The van der Waals surface area contributed by atoms with E-state index in [0.29, 0.717) is 18.1 Å². The first-order chi connectivity index (χ1) is 8.65. The molecule has 3 saturated carbocycles. The van der Waals surface area contributed by atoms with Gasteiger partial charge in [-0.05, 0) is 49.9 Å². The molecule has 3 atom stereocenters. The number of carbonyl (C=O) groups is 1. The Morgan fingerprint density at radius 3 is 2.50 bits per heavy atom. The van der Waals surface area contributed by atoms with E-state index in [1.54, 1.807) is 0 Å². The monoisotopic (exact) mass is 249 g/mol. The second kappa shape index (κ2) is 4.96. The Morgan fingerprint density at radius 2 is 1.89 bits per heavy atom. The summed E-state index contributed by atoms with van der Waals surface area (Å²) in [4.78, 5) is 12.3. The molecule has 0 aromatic rings. The molecule has 0 radical (unpaired) electrons. The van der Waals surface area contributed by atoms with Crippen molar-refractivity contribution in [1.29, 1.82) is 0 Å². The minimum atomic E-state index is -0.146. The first-order valence-corrected chi connectivity index (χ1v) is 7.95. The van der Waals surface area contributed by atoms with Crippen LogP contribution in [0.15, 0.2) is 0 Å². The van der Waals surface area contributed by atoms with Gasteiger partial charge in [0.2, 0.25) is 0 Å². The fourth-order valence-corrected chi connectivity index (χ4v) is 4.82. The fourth-order valence-electron chi connectivity index (χ4n) is 4.82. The van der Waals surface area contributed by atoms with Crippen LogP contribution < -0.4 is 5.73 Å². The maximum atomic E-state index is 12.3. The minimum absolute atomic E-state index is 0.146. The molecule has 102 valence electrons. The van der Waals surface area contributed by atoms with E-state index in [1.807, 2.05) is 0 Å². The number of fused-ring (bicyclic) bond motifs is 2. The Kier molecular flexibility index (Phi) is 3.48. The van der Waals surface area contributed by atoms with Gasteiger partial charge in [-0.2, -0.15) is 0 Å². The molecule has 3 rings (SSSR count). The average molecular weight is 249 g/mol. The lowest BCUT2D eigenvalue weighted by Gasteiger charge is -2.33. The summed E-state index contributed by atoms with van der Waals surface area (Å²) < 4.78 is 0. The van der Waals surface area contributed by atoms with Crippen LogP contribution in [0, 0.1) is 17.8 Å². The molecule has 0 aliphatic heterocycles. The largest absolute Gasteiger partial charge is 0.325 e. The molecule has 3 aliphatic carbocycles. The summed E-state index contributed by atoms with van der Waals surface area (Å²) in [5, 5.41) is 0. The molecule has 3 fully saturated rings.